The Morgan fingerprint density at radius 3 is 1.38 bits per heavy atom. The molecule has 3 aromatic carbocycles. The third-order valence-corrected chi connectivity index (χ3v) is 21.2. The molecule has 8 fully saturated rings. The summed E-state index contributed by atoms with van der Waals surface area (Å²) in [6, 6.07) is 28.0. The van der Waals surface area contributed by atoms with Crippen molar-refractivity contribution in [3.05, 3.63) is 102 Å². The highest BCUT2D eigenvalue weighted by atomic mass is 32.2. The Morgan fingerprint density at radius 1 is 0.457 bits per heavy atom. The highest BCUT2D eigenvalue weighted by molar-refractivity contribution is 7.99. The Labute approximate surface area is 562 Å². The zero-order valence-corrected chi connectivity index (χ0v) is 59.5. The predicted molar refractivity (Wildman–Crippen MR) is 349 cm³/mol. The zero-order valence-electron chi connectivity index (χ0n) is 58.7. The fraction of sp³-hybridized carbons (Fsp3) is 0.726. The average Bonchev–Trinajstić information content (AvgIpc) is 1.50. The predicted octanol–water partition coefficient (Wildman–Crippen LogP) is 11.7. The van der Waals surface area contributed by atoms with E-state index in [0.29, 0.717) is 56.0 Å². The van der Waals surface area contributed by atoms with Gasteiger partial charge < -0.3 is 85.6 Å². The summed E-state index contributed by atoms with van der Waals surface area (Å²) in [5, 5.41) is 10.4. The SMILES string of the molecule is CC(=O)OC1[C@@H](C)[C@@H](O[C@@H]2OC[C@@H](C)[C@H](C)C2C)C(C)O[C@H]1Sc1ccc(C)cc1.CC(=O)OC1[C@H](OC2[C@@H](OCc3ccccc3)OC(C)[C@@H]3OC(C)(C)O[C@H]23)OC(C)[C@H](O[C@@H]2OC[C@@H](C)[C@H](C)C2C)[C@@H]1C.CC1O[C@H](OCc2ccccc2)C(O)[C@H]2OC(C)(C)O[C@@H]12. The fourth-order valence-electron chi connectivity index (χ4n) is 13.9. The molecule has 3 aromatic rings. The van der Waals surface area contributed by atoms with Crippen LogP contribution < -0.4 is 0 Å². The van der Waals surface area contributed by atoms with Crippen molar-refractivity contribution in [1.82, 2.24) is 0 Å². The summed E-state index contributed by atoms with van der Waals surface area (Å²) >= 11 is 1.59. The Kier molecular flexibility index (Phi) is 25.8. The van der Waals surface area contributed by atoms with Gasteiger partial charge in [-0.3, -0.25) is 9.59 Å². The van der Waals surface area contributed by atoms with Crippen LogP contribution in [-0.2, 0) is 103 Å². The summed E-state index contributed by atoms with van der Waals surface area (Å²) in [6.07, 6.45) is -8.99. The van der Waals surface area contributed by atoms with Gasteiger partial charge in [0.15, 0.2) is 49.1 Å². The average molecular weight is 1340 g/mol. The molecule has 0 bridgehead atoms. The van der Waals surface area contributed by atoms with Gasteiger partial charge in [0.1, 0.15) is 48.2 Å². The monoisotopic (exact) mass is 1340 g/mol. The molecule has 0 aliphatic carbocycles. The van der Waals surface area contributed by atoms with Crippen LogP contribution in [0.4, 0.5) is 0 Å². The molecule has 1 N–H and O–H groups in total. The lowest BCUT2D eigenvalue weighted by atomic mass is 9.82. The van der Waals surface area contributed by atoms with Crippen molar-refractivity contribution in [3.8, 4) is 0 Å². The van der Waals surface area contributed by atoms with Crippen molar-refractivity contribution in [1.29, 1.82) is 0 Å². The first-order valence-corrected chi connectivity index (χ1v) is 35.0. The zero-order chi connectivity index (χ0) is 68.1. The number of carbonyl (C=O) groups is 2. The summed E-state index contributed by atoms with van der Waals surface area (Å²) in [5.74, 6) is -0.136. The third-order valence-electron chi connectivity index (χ3n) is 20.0. The minimum Gasteiger partial charge on any atom is -0.458 e. The molecule has 20 nitrogen and oxygen atoms in total. The van der Waals surface area contributed by atoms with Crippen molar-refractivity contribution < 1.29 is 95.2 Å². The van der Waals surface area contributed by atoms with Gasteiger partial charge in [0.2, 0.25) is 0 Å². The quantitative estimate of drug-likeness (QED) is 0.132. The first-order valence-electron chi connectivity index (χ1n) is 34.1. The number of aliphatic hydroxyl groups excluding tert-OH is 1. The van der Waals surface area contributed by atoms with Gasteiger partial charge in [0.05, 0.1) is 63.1 Å². The number of rotatable bonds is 16. The van der Waals surface area contributed by atoms with Crippen molar-refractivity contribution >= 4 is 23.7 Å². The molecule has 0 radical (unpaired) electrons. The molecule has 526 valence electrons. The molecule has 21 heteroatoms. The van der Waals surface area contributed by atoms with Crippen molar-refractivity contribution in [3.63, 3.8) is 0 Å². The van der Waals surface area contributed by atoms with Gasteiger partial charge in [-0.1, -0.05) is 146 Å². The summed E-state index contributed by atoms with van der Waals surface area (Å²) in [5.41, 5.74) is 2.96. The normalized spacial score (nSPS) is 41.5. The number of aryl methyl sites for hydroxylation is 1. The molecule has 0 saturated carbocycles. The molecule has 8 aliphatic heterocycles. The minimum atomic E-state index is -0.921. The lowest BCUT2D eigenvalue weighted by molar-refractivity contribution is -0.362. The molecule has 10 unspecified atom stereocenters. The van der Waals surface area contributed by atoms with Crippen LogP contribution in [0.15, 0.2) is 89.8 Å². The molecule has 0 amide bonds. The Bertz CT molecular complexity index is 2830. The molecule has 8 aliphatic rings. The van der Waals surface area contributed by atoms with Crippen LogP contribution >= 0.6 is 11.8 Å². The Balaban J connectivity index is 0.000000177. The van der Waals surface area contributed by atoms with E-state index < -0.39 is 73.0 Å². The first-order chi connectivity index (χ1) is 44.5. The van der Waals surface area contributed by atoms with E-state index in [1.54, 1.807) is 11.8 Å². The number of aliphatic hydroxyl groups is 1. The van der Waals surface area contributed by atoms with Crippen LogP contribution in [0.3, 0.4) is 0 Å². The van der Waals surface area contributed by atoms with E-state index in [1.807, 2.05) is 123 Å². The summed E-state index contributed by atoms with van der Waals surface area (Å²) in [4.78, 5) is 25.3. The lowest BCUT2D eigenvalue weighted by Gasteiger charge is -2.48. The smallest absolute Gasteiger partial charge is 0.303 e. The van der Waals surface area contributed by atoms with E-state index in [1.165, 1.54) is 19.4 Å². The third kappa shape index (κ3) is 18.6. The second-order valence-corrected chi connectivity index (χ2v) is 29.6. The van der Waals surface area contributed by atoms with Crippen LogP contribution in [-0.4, -0.2) is 164 Å². The second-order valence-electron chi connectivity index (χ2n) is 28.4. The number of hydrogen-bond donors (Lipinski definition) is 1. The van der Waals surface area contributed by atoms with Crippen molar-refractivity contribution in [2.24, 2.45) is 47.3 Å². The van der Waals surface area contributed by atoms with Crippen LogP contribution in [0.1, 0.15) is 141 Å². The van der Waals surface area contributed by atoms with E-state index >= 15 is 0 Å². The summed E-state index contributed by atoms with van der Waals surface area (Å²) in [6.45, 7) is 39.5. The van der Waals surface area contributed by atoms with Gasteiger partial charge >= 0.3 is 11.9 Å². The van der Waals surface area contributed by atoms with Crippen molar-refractivity contribution in [2.45, 2.75) is 284 Å². The van der Waals surface area contributed by atoms with Crippen molar-refractivity contribution in [2.75, 3.05) is 13.2 Å². The van der Waals surface area contributed by atoms with E-state index in [4.69, 9.17) is 80.5 Å². The van der Waals surface area contributed by atoms with E-state index in [9.17, 15) is 14.7 Å². The molecule has 28 atom stereocenters. The number of carbonyl (C=O) groups excluding carboxylic acids is 2. The van der Waals surface area contributed by atoms with Crippen LogP contribution in [0.2, 0.25) is 0 Å². The minimum absolute atomic E-state index is 0.0222. The highest BCUT2D eigenvalue weighted by Gasteiger charge is 2.59. The topological polar surface area (TPSA) is 211 Å². The number of hydrogen-bond acceptors (Lipinski definition) is 21. The maximum atomic E-state index is 12.3. The van der Waals surface area contributed by atoms with Gasteiger partial charge in [-0.05, 0) is 109 Å². The van der Waals surface area contributed by atoms with Crippen LogP contribution in [0.5, 0.6) is 0 Å². The lowest BCUT2D eigenvalue weighted by Crippen LogP contribution is -2.62. The Hall–Kier alpha value is -3.69. The number of ether oxygens (including phenoxy) is 17. The number of esters is 2. The molecule has 8 heterocycles. The van der Waals surface area contributed by atoms with E-state index in [2.05, 4.69) is 79.7 Å². The maximum Gasteiger partial charge on any atom is 0.303 e. The highest BCUT2D eigenvalue weighted by Crippen LogP contribution is 2.45. The van der Waals surface area contributed by atoms with Crippen LogP contribution in [0.25, 0.3) is 0 Å². The largest absolute Gasteiger partial charge is 0.458 e. The number of benzene rings is 3. The Morgan fingerprint density at radius 2 is 0.872 bits per heavy atom. The van der Waals surface area contributed by atoms with Gasteiger partial charge in [-0.15, -0.1) is 0 Å². The molecule has 94 heavy (non-hydrogen) atoms. The first kappa shape index (κ1) is 74.5. The van der Waals surface area contributed by atoms with E-state index in [0.717, 1.165) is 16.0 Å². The summed E-state index contributed by atoms with van der Waals surface area (Å²) < 4.78 is 105. The fourth-order valence-corrected chi connectivity index (χ4v) is 15.1. The molecule has 0 aromatic heterocycles. The van der Waals surface area contributed by atoms with E-state index in [-0.39, 0.29) is 90.6 Å². The molecular formula is C73H108O20S. The standard InChI is InChI=1S/C33H50O10.C24H36O5S.C16H22O5/c1-17-15-35-30(19(3)18(17)2)40-25-20(4)26(39-23(7)34)32(38-21(25)5)41-29-28-27(42-33(8,9)43-28)22(6)37-31(29)36-16-24-13-11-10-12-14-24;1-13-8-10-20(11-9-13)30-24-22(28-19(7)25)17(5)21(18(6)27-24)29-23-16(4)15(3)14(2)12-26-23;1-10-13-14(21-16(2,3)20-13)12(17)15(19-10)18-9-11-7-5-4-6-8-11/h10-14,17-22,25-32H,15-16H2,1-9H3;8-11,14-18,21-24H,12H2,1-7H3;4-8,10,12-15,17H,9H2,1-3H3/t17-,18+,19?,20+,21?,22?,25-,26?,27+,28+,29?,30+,31+,32+;14-,15+,16?,17+,18?,21-,22?,23+,24+;10?,12?,13-,14+,15-/m110/s1. The van der Waals surface area contributed by atoms with Crippen LogP contribution in [0, 0.1) is 54.3 Å². The second kappa shape index (κ2) is 32.5. The summed E-state index contributed by atoms with van der Waals surface area (Å²) in [7, 11) is 0. The number of fused-ring (bicyclic) bond motifs is 2. The molecular weight excluding hydrogens is 1230 g/mol. The van der Waals surface area contributed by atoms with Gasteiger partial charge in [0, 0.05) is 42.4 Å². The van der Waals surface area contributed by atoms with Gasteiger partial charge in [-0.2, -0.15) is 0 Å². The molecule has 11 rings (SSSR count). The molecule has 0 spiro atoms. The van der Waals surface area contributed by atoms with Gasteiger partial charge in [0.25, 0.3) is 0 Å². The van der Waals surface area contributed by atoms with Gasteiger partial charge in [-0.25, -0.2) is 0 Å². The maximum absolute atomic E-state index is 12.3. The molecule has 8 saturated heterocycles. The number of thioether (sulfide) groups is 1.